The Bertz CT molecular complexity index is 1050. The molecule has 2 aromatic rings. The van der Waals surface area contributed by atoms with E-state index in [0.29, 0.717) is 11.8 Å². The van der Waals surface area contributed by atoms with Gasteiger partial charge in [0.1, 0.15) is 11.5 Å². The quantitative estimate of drug-likeness (QED) is 0.521. The molecule has 0 radical (unpaired) electrons. The monoisotopic (exact) mass is 373 g/mol. The van der Waals surface area contributed by atoms with E-state index in [-0.39, 0.29) is 11.5 Å². The summed E-state index contributed by atoms with van der Waals surface area (Å²) in [5.41, 5.74) is 5.74. The molecule has 0 saturated carbocycles. The highest BCUT2D eigenvalue weighted by atomic mass is 16.5. The first-order chi connectivity index (χ1) is 13.1. The van der Waals surface area contributed by atoms with Crippen LogP contribution in [0.5, 0.6) is 5.75 Å². The molecule has 2 atom stereocenters. The van der Waals surface area contributed by atoms with E-state index >= 15 is 0 Å². The van der Waals surface area contributed by atoms with Crippen molar-refractivity contribution in [1.82, 2.24) is 0 Å². The Morgan fingerprint density at radius 2 is 1.75 bits per heavy atom. The van der Waals surface area contributed by atoms with Crippen molar-refractivity contribution in [3.8, 4) is 5.75 Å². The van der Waals surface area contributed by atoms with Crippen LogP contribution in [0.4, 0.5) is 0 Å². The van der Waals surface area contributed by atoms with E-state index in [1.165, 1.54) is 27.5 Å². The molecule has 4 rings (SSSR count). The molecule has 0 fully saturated rings. The lowest BCUT2D eigenvalue weighted by Crippen LogP contribution is -2.30. The van der Waals surface area contributed by atoms with Gasteiger partial charge in [-0.25, -0.2) is 0 Å². The third-order valence-electron chi connectivity index (χ3n) is 5.93. The summed E-state index contributed by atoms with van der Waals surface area (Å²) in [4.78, 5) is 5.10. The molecule has 2 aromatic carbocycles. The van der Waals surface area contributed by atoms with Gasteiger partial charge >= 0.3 is 0 Å². The van der Waals surface area contributed by atoms with E-state index in [1.807, 2.05) is 0 Å². The van der Waals surface area contributed by atoms with Crippen LogP contribution in [0.2, 0.25) is 0 Å². The van der Waals surface area contributed by atoms with Crippen LogP contribution in [0, 0.1) is 5.41 Å². The normalized spacial score (nSPS) is 23.1. The molecule has 2 aliphatic rings. The van der Waals surface area contributed by atoms with E-state index in [0.717, 1.165) is 22.8 Å². The predicted octanol–water partition coefficient (Wildman–Crippen LogP) is 7.14. The van der Waals surface area contributed by atoms with Crippen molar-refractivity contribution in [3.05, 3.63) is 64.9 Å². The zero-order valence-corrected chi connectivity index (χ0v) is 18.2. The summed E-state index contributed by atoms with van der Waals surface area (Å²) < 4.78 is 6.63. The van der Waals surface area contributed by atoms with E-state index in [9.17, 15) is 0 Å². The third-order valence-corrected chi connectivity index (χ3v) is 5.93. The number of hydrogen-bond acceptors (Lipinski definition) is 2. The molecular weight excluding hydrogens is 342 g/mol. The summed E-state index contributed by atoms with van der Waals surface area (Å²) in [5.74, 6) is 2.53. The van der Waals surface area contributed by atoms with Gasteiger partial charge in [0.25, 0.3) is 0 Å². The highest BCUT2D eigenvalue weighted by Crippen LogP contribution is 2.50. The molecule has 0 bridgehead atoms. The lowest BCUT2D eigenvalue weighted by atomic mass is 9.76. The molecule has 0 amide bonds. The van der Waals surface area contributed by atoms with Crippen LogP contribution >= 0.6 is 0 Å². The van der Waals surface area contributed by atoms with Gasteiger partial charge in [0.2, 0.25) is 0 Å². The highest BCUT2D eigenvalue weighted by molar-refractivity contribution is 6.21. The lowest BCUT2D eigenvalue weighted by molar-refractivity contribution is 0.404. The molecule has 0 saturated heterocycles. The van der Waals surface area contributed by atoms with Gasteiger partial charge in [-0.05, 0) is 40.7 Å². The molecule has 2 unspecified atom stereocenters. The second kappa shape index (κ2) is 6.34. The zero-order chi connectivity index (χ0) is 20.4. The minimum Gasteiger partial charge on any atom is -0.456 e. The van der Waals surface area contributed by atoms with Gasteiger partial charge < -0.3 is 4.74 Å². The van der Waals surface area contributed by atoms with Crippen LogP contribution in [0.1, 0.15) is 77.0 Å². The number of allylic oxidation sites excluding steroid dienone is 2. The van der Waals surface area contributed by atoms with Crippen LogP contribution in [0.3, 0.4) is 0 Å². The van der Waals surface area contributed by atoms with Crippen molar-refractivity contribution in [2.75, 3.05) is 0 Å². The first-order valence-electron chi connectivity index (χ1n) is 10.4. The molecular formula is C26H31NO. The number of fused-ring (bicyclic) bond motifs is 2. The van der Waals surface area contributed by atoms with Crippen LogP contribution in [-0.2, 0) is 0 Å². The fourth-order valence-electron chi connectivity index (χ4n) is 4.50. The van der Waals surface area contributed by atoms with Gasteiger partial charge in [-0.2, -0.15) is 0 Å². The maximum atomic E-state index is 6.63. The van der Waals surface area contributed by atoms with Crippen molar-refractivity contribution in [2.45, 2.75) is 66.3 Å². The summed E-state index contributed by atoms with van der Waals surface area (Å²) in [6.45, 7) is 19.9. The van der Waals surface area contributed by atoms with Crippen molar-refractivity contribution >= 4 is 16.5 Å². The maximum absolute atomic E-state index is 6.63. The Balaban J connectivity index is 2.15. The molecule has 146 valence electrons. The fraction of sp³-hybridized carbons (Fsp3) is 0.423. The molecule has 28 heavy (non-hydrogen) atoms. The highest BCUT2D eigenvalue weighted by Gasteiger charge is 2.38. The molecule has 0 aliphatic carbocycles. The van der Waals surface area contributed by atoms with Gasteiger partial charge in [-0.3, -0.25) is 4.99 Å². The molecule has 2 aliphatic heterocycles. The maximum Gasteiger partial charge on any atom is 0.141 e. The van der Waals surface area contributed by atoms with E-state index in [1.54, 1.807) is 0 Å². The smallest absolute Gasteiger partial charge is 0.141 e. The molecule has 2 heterocycles. The Morgan fingerprint density at radius 1 is 1.11 bits per heavy atom. The van der Waals surface area contributed by atoms with Gasteiger partial charge in [0.15, 0.2) is 0 Å². The third kappa shape index (κ3) is 2.82. The second-order valence-corrected chi connectivity index (χ2v) is 9.69. The Labute approximate surface area is 169 Å². The summed E-state index contributed by atoms with van der Waals surface area (Å²) >= 11 is 0. The second-order valence-electron chi connectivity index (χ2n) is 9.69. The van der Waals surface area contributed by atoms with Crippen molar-refractivity contribution in [3.63, 3.8) is 0 Å². The molecule has 0 aromatic heterocycles. The summed E-state index contributed by atoms with van der Waals surface area (Å²) in [7, 11) is 0. The number of benzene rings is 2. The number of rotatable bonds is 1. The first-order valence-corrected chi connectivity index (χ1v) is 10.4. The summed E-state index contributed by atoms with van der Waals surface area (Å²) in [6.07, 6.45) is 2.18. The van der Waals surface area contributed by atoms with Crippen LogP contribution in [0.15, 0.2) is 53.2 Å². The van der Waals surface area contributed by atoms with Gasteiger partial charge in [0, 0.05) is 22.6 Å². The topological polar surface area (TPSA) is 21.6 Å². The number of aliphatic imine (C=N–C) groups is 1. The summed E-state index contributed by atoms with van der Waals surface area (Å²) in [5, 5.41) is 2.63. The van der Waals surface area contributed by atoms with E-state index < -0.39 is 0 Å². The molecule has 2 heteroatoms. The Morgan fingerprint density at radius 3 is 2.36 bits per heavy atom. The fourth-order valence-corrected chi connectivity index (χ4v) is 4.50. The molecule has 2 nitrogen and oxygen atoms in total. The average Bonchev–Trinajstić information content (AvgIpc) is 2.60. The number of ether oxygens (including phenoxy) is 1. The van der Waals surface area contributed by atoms with E-state index in [4.69, 9.17) is 9.73 Å². The van der Waals surface area contributed by atoms with Crippen LogP contribution in [0.25, 0.3) is 10.8 Å². The number of nitrogens with zero attached hydrogens (tertiary/aromatic N) is 1. The standard InChI is InChI=1S/C26H31NO/c1-14(2)21-18-11-9-10-12-19(18)22-15(3)17(5)27-24-16(4)20(13-26(6,7)8)28-25(21)23(22)24/h9-15,17H,4H2,1-3,5-8H3/b20-13+. The van der Waals surface area contributed by atoms with Crippen molar-refractivity contribution < 1.29 is 4.74 Å². The Hall–Kier alpha value is -2.35. The minimum absolute atomic E-state index is 0.00157. The predicted molar refractivity (Wildman–Crippen MR) is 120 cm³/mol. The largest absolute Gasteiger partial charge is 0.456 e. The average molecular weight is 374 g/mol. The van der Waals surface area contributed by atoms with Gasteiger partial charge in [0.05, 0.1) is 11.8 Å². The molecule has 0 spiro atoms. The van der Waals surface area contributed by atoms with Crippen molar-refractivity contribution in [1.29, 1.82) is 0 Å². The van der Waals surface area contributed by atoms with Gasteiger partial charge in [-0.15, -0.1) is 0 Å². The first kappa shape index (κ1) is 19.0. The zero-order valence-electron chi connectivity index (χ0n) is 18.2. The van der Waals surface area contributed by atoms with Crippen LogP contribution < -0.4 is 4.74 Å². The van der Waals surface area contributed by atoms with Crippen LogP contribution in [-0.4, -0.2) is 11.8 Å². The Kier molecular flexibility index (Phi) is 4.30. The van der Waals surface area contributed by atoms with E-state index in [2.05, 4.69) is 85.4 Å². The molecule has 0 N–H and O–H groups in total. The van der Waals surface area contributed by atoms with Gasteiger partial charge in [-0.1, -0.05) is 72.4 Å². The number of hydrogen-bond donors (Lipinski definition) is 0. The van der Waals surface area contributed by atoms with Crippen molar-refractivity contribution in [2.24, 2.45) is 10.4 Å². The lowest BCUT2D eigenvalue weighted by Gasteiger charge is -2.37. The SMILES string of the molecule is C=C1C2=NC(C)C(C)c3c2c(c(C(C)C)c2ccccc32)O/C1=C/C(C)(C)C. The minimum atomic E-state index is 0.00157. The summed E-state index contributed by atoms with van der Waals surface area (Å²) in [6, 6.07) is 8.99.